The van der Waals surface area contributed by atoms with E-state index in [1.807, 2.05) is 37.3 Å². The first-order valence-electron chi connectivity index (χ1n) is 10.4. The monoisotopic (exact) mass is 539 g/mol. The largest absolute Gasteiger partial charge is 0.347 e. The van der Waals surface area contributed by atoms with Crippen molar-refractivity contribution in [3.05, 3.63) is 55.7 Å². The number of hydrogen-bond donors (Lipinski definition) is 1. The van der Waals surface area contributed by atoms with Gasteiger partial charge in [0.2, 0.25) is 0 Å². The fraction of sp³-hybridized carbons (Fsp3) is 0.522. The molecule has 1 fully saturated rings. The number of nitrogens with one attached hydrogen (secondary N) is 1. The van der Waals surface area contributed by atoms with E-state index in [0.717, 1.165) is 49.0 Å². The second-order valence-electron chi connectivity index (χ2n) is 9.13. The minimum absolute atomic E-state index is 0. The minimum Gasteiger partial charge on any atom is -0.347 e. The van der Waals surface area contributed by atoms with Crippen molar-refractivity contribution in [2.24, 2.45) is 5.41 Å². The van der Waals surface area contributed by atoms with E-state index in [2.05, 4.69) is 35.9 Å². The van der Waals surface area contributed by atoms with Crippen LogP contribution in [0.15, 0.2) is 30.3 Å². The fourth-order valence-electron chi connectivity index (χ4n) is 3.61. The van der Waals surface area contributed by atoms with Crippen LogP contribution in [0.4, 0.5) is 0 Å². The quantitative estimate of drug-likeness (QED) is 0.476. The topological polar surface area (TPSA) is 35.6 Å². The molecule has 1 atom stereocenters. The molecule has 9 heteroatoms. The molecule has 180 valence electrons. The van der Waals surface area contributed by atoms with Crippen LogP contribution in [-0.2, 0) is 6.54 Å². The summed E-state index contributed by atoms with van der Waals surface area (Å²) in [5.41, 5.74) is 1.17. The summed E-state index contributed by atoms with van der Waals surface area (Å²) in [7, 11) is 0. The predicted molar refractivity (Wildman–Crippen MR) is 142 cm³/mol. The van der Waals surface area contributed by atoms with E-state index in [4.69, 9.17) is 23.2 Å². The lowest BCUT2D eigenvalue weighted by atomic mass is 9.86. The second kappa shape index (κ2) is 12.8. The lowest BCUT2D eigenvalue weighted by Gasteiger charge is -2.40. The van der Waals surface area contributed by atoms with E-state index in [-0.39, 0.29) is 42.2 Å². The first-order chi connectivity index (χ1) is 14.1. The highest BCUT2D eigenvalue weighted by molar-refractivity contribution is 7.13. The summed E-state index contributed by atoms with van der Waals surface area (Å²) < 4.78 is 0. The Morgan fingerprint density at radius 2 is 1.66 bits per heavy atom. The first-order valence-corrected chi connectivity index (χ1v) is 11.9. The average molecular weight is 541 g/mol. The van der Waals surface area contributed by atoms with Crippen LogP contribution < -0.4 is 5.32 Å². The molecule has 1 N–H and O–H groups in total. The zero-order valence-electron chi connectivity index (χ0n) is 19.0. The first kappa shape index (κ1) is 29.5. The fourth-order valence-corrected chi connectivity index (χ4v) is 4.70. The van der Waals surface area contributed by atoms with Crippen LogP contribution in [0, 0.1) is 12.3 Å². The number of amides is 1. The van der Waals surface area contributed by atoms with Crippen molar-refractivity contribution in [2.75, 3.05) is 32.7 Å². The number of nitrogens with zero attached hydrogens (tertiary/aromatic N) is 2. The summed E-state index contributed by atoms with van der Waals surface area (Å²) in [6.07, 6.45) is 0. The Bertz CT molecular complexity index is 876. The molecule has 3 rings (SSSR count). The molecule has 0 bridgehead atoms. The van der Waals surface area contributed by atoms with Gasteiger partial charge in [-0.15, -0.1) is 36.2 Å². The molecule has 1 aromatic carbocycles. The normalized spacial score (nSPS) is 16.1. The van der Waals surface area contributed by atoms with Crippen LogP contribution in [0.25, 0.3) is 0 Å². The van der Waals surface area contributed by atoms with Crippen molar-refractivity contribution in [3.8, 4) is 0 Å². The highest BCUT2D eigenvalue weighted by Crippen LogP contribution is 2.25. The van der Waals surface area contributed by atoms with Crippen molar-refractivity contribution in [1.29, 1.82) is 0 Å². The van der Waals surface area contributed by atoms with Gasteiger partial charge in [0.25, 0.3) is 5.91 Å². The second-order valence-corrected chi connectivity index (χ2v) is 11.2. The smallest absolute Gasteiger partial charge is 0.261 e. The van der Waals surface area contributed by atoms with Gasteiger partial charge in [-0.1, -0.05) is 50.0 Å². The number of carbonyl (C=O) groups is 1. The molecule has 0 saturated carbocycles. The summed E-state index contributed by atoms with van der Waals surface area (Å²) in [5, 5.41) is 4.49. The number of rotatable bonds is 6. The maximum absolute atomic E-state index is 12.7. The Morgan fingerprint density at radius 3 is 2.19 bits per heavy atom. The maximum Gasteiger partial charge on any atom is 0.261 e. The number of hydrogen-bond acceptors (Lipinski definition) is 4. The van der Waals surface area contributed by atoms with Crippen molar-refractivity contribution in [3.63, 3.8) is 0 Å². The molecular formula is C23H33Cl4N3OS. The predicted octanol–water partition coefficient (Wildman–Crippen LogP) is 6.17. The van der Waals surface area contributed by atoms with Crippen molar-refractivity contribution in [1.82, 2.24) is 15.1 Å². The van der Waals surface area contributed by atoms with Crippen LogP contribution in [0.3, 0.4) is 0 Å². The molecule has 1 saturated heterocycles. The van der Waals surface area contributed by atoms with Gasteiger partial charge in [0.1, 0.15) is 0 Å². The lowest BCUT2D eigenvalue weighted by molar-refractivity contribution is 0.0793. The van der Waals surface area contributed by atoms with E-state index in [9.17, 15) is 4.79 Å². The third-order valence-electron chi connectivity index (χ3n) is 5.61. The van der Waals surface area contributed by atoms with Gasteiger partial charge in [0.15, 0.2) is 0 Å². The van der Waals surface area contributed by atoms with E-state index in [0.29, 0.717) is 10.0 Å². The summed E-state index contributed by atoms with van der Waals surface area (Å²) in [6, 6.07) is 9.86. The van der Waals surface area contributed by atoms with Crippen molar-refractivity contribution >= 4 is 65.3 Å². The third-order valence-corrected chi connectivity index (χ3v) is 7.35. The zero-order chi connectivity index (χ0) is 21.9. The molecule has 2 aromatic rings. The molecule has 32 heavy (non-hydrogen) atoms. The summed E-state index contributed by atoms with van der Waals surface area (Å²) in [5.74, 6) is 0.0336. The molecule has 4 nitrogen and oxygen atoms in total. The summed E-state index contributed by atoms with van der Waals surface area (Å²) in [4.78, 5) is 19.6. The lowest BCUT2D eigenvalue weighted by Crippen LogP contribution is -2.54. The third kappa shape index (κ3) is 8.35. The Kier molecular flexibility index (Phi) is 11.8. The van der Waals surface area contributed by atoms with E-state index < -0.39 is 0 Å². The Morgan fingerprint density at radius 1 is 1.03 bits per heavy atom. The van der Waals surface area contributed by atoms with Gasteiger partial charge in [0.05, 0.1) is 14.9 Å². The van der Waals surface area contributed by atoms with Gasteiger partial charge in [-0.25, -0.2) is 0 Å². The van der Waals surface area contributed by atoms with Crippen molar-refractivity contribution < 1.29 is 4.79 Å². The van der Waals surface area contributed by atoms with Crippen molar-refractivity contribution in [2.45, 2.75) is 40.3 Å². The van der Waals surface area contributed by atoms with Crippen LogP contribution >= 0.6 is 59.4 Å². The molecule has 1 aromatic heterocycles. The highest BCUT2D eigenvalue weighted by Gasteiger charge is 2.30. The van der Waals surface area contributed by atoms with Crippen LogP contribution in [0.5, 0.6) is 0 Å². The van der Waals surface area contributed by atoms with Crippen LogP contribution in [0.2, 0.25) is 10.0 Å². The number of aryl methyl sites for hydroxylation is 1. The zero-order valence-corrected chi connectivity index (χ0v) is 23.0. The number of carbonyl (C=O) groups excluding carboxylic acids is 1. The van der Waals surface area contributed by atoms with Gasteiger partial charge in [-0.2, -0.15) is 0 Å². The molecule has 2 heterocycles. The molecule has 0 aliphatic carbocycles. The van der Waals surface area contributed by atoms with Gasteiger partial charge < -0.3 is 5.32 Å². The standard InChI is InChI=1S/C23H31Cl2N3OS.2ClH/c1-16-5-8-20(30-16)22(29)26-21(23(2,3)4)15-28-11-9-27(10-12-28)14-17-6-7-18(24)19(25)13-17;;/h5-8,13,21H,9-12,14-15H2,1-4H3,(H,26,29);2*1H/t21-;;/m1../s1. The minimum atomic E-state index is -0.0147. The van der Waals surface area contributed by atoms with Gasteiger partial charge >= 0.3 is 0 Å². The molecule has 0 spiro atoms. The average Bonchev–Trinajstić information content (AvgIpc) is 3.11. The Balaban J connectivity index is 0.00000256. The summed E-state index contributed by atoms with van der Waals surface area (Å²) >= 11 is 13.7. The summed E-state index contributed by atoms with van der Waals surface area (Å²) in [6.45, 7) is 14.3. The van der Waals surface area contributed by atoms with Gasteiger partial charge in [-0.05, 0) is 42.2 Å². The van der Waals surface area contributed by atoms with Crippen LogP contribution in [0.1, 0.15) is 40.9 Å². The van der Waals surface area contributed by atoms with Crippen LogP contribution in [-0.4, -0.2) is 54.5 Å². The van der Waals surface area contributed by atoms with E-state index in [1.165, 1.54) is 5.56 Å². The maximum atomic E-state index is 12.7. The molecular weight excluding hydrogens is 508 g/mol. The number of halogens is 4. The molecule has 0 radical (unpaired) electrons. The number of thiophene rings is 1. The van der Waals surface area contributed by atoms with Gasteiger partial charge in [-0.3, -0.25) is 14.6 Å². The number of piperazine rings is 1. The van der Waals surface area contributed by atoms with E-state index >= 15 is 0 Å². The molecule has 0 unspecified atom stereocenters. The Labute approximate surface area is 218 Å². The molecule has 1 amide bonds. The van der Waals surface area contributed by atoms with Gasteiger partial charge in [0, 0.05) is 50.2 Å². The molecule has 1 aliphatic heterocycles. The Hall–Kier alpha value is -0.530. The highest BCUT2D eigenvalue weighted by atomic mass is 35.5. The van der Waals surface area contributed by atoms with E-state index in [1.54, 1.807) is 11.3 Å². The molecule has 1 aliphatic rings. The number of benzene rings is 1. The SMILES string of the molecule is Cc1ccc(C(=O)N[C@H](CN2CCN(Cc3ccc(Cl)c(Cl)c3)CC2)C(C)(C)C)s1.Cl.Cl.